The minimum atomic E-state index is -1.04. The van der Waals surface area contributed by atoms with E-state index in [9.17, 15) is 9.59 Å². The average Bonchev–Trinajstić information content (AvgIpc) is 2.54. The standard InChI is InChI=1S/C11H16N2O4S/c1-6-7(2)18-9(8(6)10(14)15)13-11(16)12-4-5-17-3/h4-5H2,1-3H3,(H,14,15)(H2,12,13,16). The van der Waals surface area contributed by atoms with Gasteiger partial charge in [-0.05, 0) is 19.4 Å². The van der Waals surface area contributed by atoms with Crippen molar-refractivity contribution >= 4 is 28.3 Å². The third-order valence-electron chi connectivity index (χ3n) is 2.42. The number of thiophene rings is 1. The molecule has 2 amide bonds. The Morgan fingerprint density at radius 3 is 2.61 bits per heavy atom. The second-order valence-electron chi connectivity index (χ2n) is 3.67. The van der Waals surface area contributed by atoms with Gasteiger partial charge in [-0.2, -0.15) is 0 Å². The van der Waals surface area contributed by atoms with E-state index in [0.717, 1.165) is 4.88 Å². The molecule has 3 N–H and O–H groups in total. The molecule has 0 unspecified atom stereocenters. The van der Waals surface area contributed by atoms with Crippen LogP contribution >= 0.6 is 11.3 Å². The molecule has 0 aromatic carbocycles. The molecule has 0 aliphatic heterocycles. The van der Waals surface area contributed by atoms with Gasteiger partial charge in [0.2, 0.25) is 0 Å². The molecular formula is C11H16N2O4S. The molecule has 1 aromatic rings. The number of rotatable bonds is 5. The Labute approximate surface area is 109 Å². The molecule has 0 aliphatic rings. The average molecular weight is 272 g/mol. The highest BCUT2D eigenvalue weighted by Gasteiger charge is 2.19. The van der Waals surface area contributed by atoms with Gasteiger partial charge in [0.25, 0.3) is 0 Å². The van der Waals surface area contributed by atoms with Gasteiger partial charge < -0.3 is 15.2 Å². The Morgan fingerprint density at radius 2 is 2.06 bits per heavy atom. The van der Waals surface area contributed by atoms with Crippen LogP contribution in [0.5, 0.6) is 0 Å². The number of ether oxygens (including phenoxy) is 1. The largest absolute Gasteiger partial charge is 0.478 e. The van der Waals surface area contributed by atoms with Gasteiger partial charge in [-0.3, -0.25) is 5.32 Å². The van der Waals surface area contributed by atoms with E-state index in [1.54, 1.807) is 6.92 Å². The Hall–Kier alpha value is -1.60. The summed E-state index contributed by atoms with van der Waals surface area (Å²) in [4.78, 5) is 23.5. The number of amides is 2. The van der Waals surface area contributed by atoms with Crippen LogP contribution in [0.2, 0.25) is 0 Å². The first-order valence-corrected chi connectivity index (χ1v) is 6.16. The summed E-state index contributed by atoms with van der Waals surface area (Å²) in [5.74, 6) is -1.04. The molecule has 0 aliphatic carbocycles. The van der Waals surface area contributed by atoms with Gasteiger partial charge in [-0.1, -0.05) is 0 Å². The second-order valence-corrected chi connectivity index (χ2v) is 4.89. The first-order valence-electron chi connectivity index (χ1n) is 5.34. The third kappa shape index (κ3) is 3.44. The summed E-state index contributed by atoms with van der Waals surface area (Å²) >= 11 is 1.25. The van der Waals surface area contributed by atoms with E-state index < -0.39 is 12.0 Å². The number of aromatic carboxylic acids is 1. The van der Waals surface area contributed by atoms with Gasteiger partial charge in [0, 0.05) is 18.5 Å². The van der Waals surface area contributed by atoms with Crippen LogP contribution in [-0.4, -0.2) is 37.4 Å². The zero-order chi connectivity index (χ0) is 13.7. The Bertz CT molecular complexity index is 456. The van der Waals surface area contributed by atoms with Gasteiger partial charge in [0.05, 0.1) is 12.2 Å². The van der Waals surface area contributed by atoms with Crippen molar-refractivity contribution in [1.29, 1.82) is 0 Å². The Morgan fingerprint density at radius 1 is 1.39 bits per heavy atom. The molecule has 0 saturated carbocycles. The fourth-order valence-corrected chi connectivity index (χ4v) is 2.43. The minimum Gasteiger partial charge on any atom is -0.478 e. The van der Waals surface area contributed by atoms with Crippen molar-refractivity contribution in [3.05, 3.63) is 16.0 Å². The predicted molar refractivity (Wildman–Crippen MR) is 69.6 cm³/mol. The minimum absolute atomic E-state index is 0.152. The number of hydrogen-bond acceptors (Lipinski definition) is 4. The van der Waals surface area contributed by atoms with Crippen LogP contribution in [0.15, 0.2) is 0 Å². The van der Waals surface area contributed by atoms with Crippen molar-refractivity contribution < 1.29 is 19.4 Å². The lowest BCUT2D eigenvalue weighted by Gasteiger charge is -2.06. The quantitative estimate of drug-likeness (QED) is 0.714. The SMILES string of the molecule is COCCNC(=O)Nc1sc(C)c(C)c1C(=O)O. The summed E-state index contributed by atoms with van der Waals surface area (Å²) in [7, 11) is 1.54. The lowest BCUT2D eigenvalue weighted by molar-refractivity contribution is 0.0697. The van der Waals surface area contributed by atoms with E-state index >= 15 is 0 Å². The molecule has 1 heterocycles. The third-order valence-corrected chi connectivity index (χ3v) is 3.54. The lowest BCUT2D eigenvalue weighted by Crippen LogP contribution is -2.31. The van der Waals surface area contributed by atoms with E-state index in [-0.39, 0.29) is 5.56 Å². The number of carbonyl (C=O) groups excluding carboxylic acids is 1. The molecule has 0 atom stereocenters. The number of carboxylic acids is 1. The maximum atomic E-state index is 11.5. The van der Waals surface area contributed by atoms with Gasteiger partial charge in [-0.15, -0.1) is 11.3 Å². The molecule has 0 saturated heterocycles. The summed E-state index contributed by atoms with van der Waals surface area (Å²) < 4.78 is 4.79. The molecule has 1 aromatic heterocycles. The van der Waals surface area contributed by atoms with Gasteiger partial charge >= 0.3 is 12.0 Å². The maximum Gasteiger partial charge on any atom is 0.338 e. The fourth-order valence-electron chi connectivity index (χ4n) is 1.39. The summed E-state index contributed by atoms with van der Waals surface area (Å²) in [6.45, 7) is 4.32. The van der Waals surface area contributed by atoms with Crippen LogP contribution in [0.3, 0.4) is 0 Å². The molecule has 0 fully saturated rings. The Balaban J connectivity index is 2.75. The lowest BCUT2D eigenvalue weighted by atomic mass is 10.1. The molecule has 7 heteroatoms. The van der Waals surface area contributed by atoms with Crippen molar-refractivity contribution in [3.8, 4) is 0 Å². The smallest absolute Gasteiger partial charge is 0.338 e. The van der Waals surface area contributed by atoms with Crippen molar-refractivity contribution in [2.45, 2.75) is 13.8 Å². The first-order chi connectivity index (χ1) is 8.47. The normalized spacial score (nSPS) is 10.2. The highest BCUT2D eigenvalue weighted by Crippen LogP contribution is 2.32. The summed E-state index contributed by atoms with van der Waals surface area (Å²) in [5.41, 5.74) is 0.832. The van der Waals surface area contributed by atoms with Gasteiger partial charge in [-0.25, -0.2) is 9.59 Å². The van der Waals surface area contributed by atoms with E-state index in [4.69, 9.17) is 9.84 Å². The zero-order valence-electron chi connectivity index (χ0n) is 10.5. The second kappa shape index (κ2) is 6.36. The monoisotopic (exact) mass is 272 g/mol. The van der Waals surface area contributed by atoms with Crippen LogP contribution < -0.4 is 10.6 Å². The van der Waals surface area contributed by atoms with Crippen LogP contribution in [0.1, 0.15) is 20.8 Å². The molecule has 100 valence electrons. The molecular weight excluding hydrogens is 256 g/mol. The van der Waals surface area contributed by atoms with E-state index in [2.05, 4.69) is 10.6 Å². The number of carbonyl (C=O) groups is 2. The van der Waals surface area contributed by atoms with Crippen molar-refractivity contribution in [2.75, 3.05) is 25.6 Å². The van der Waals surface area contributed by atoms with Crippen molar-refractivity contribution in [2.24, 2.45) is 0 Å². The molecule has 18 heavy (non-hydrogen) atoms. The zero-order valence-corrected chi connectivity index (χ0v) is 11.3. The van der Waals surface area contributed by atoms with Crippen molar-refractivity contribution in [1.82, 2.24) is 5.32 Å². The number of methoxy groups -OCH3 is 1. The highest BCUT2D eigenvalue weighted by atomic mass is 32.1. The number of hydrogen-bond donors (Lipinski definition) is 3. The number of aryl methyl sites for hydroxylation is 1. The topological polar surface area (TPSA) is 87.7 Å². The summed E-state index contributed by atoms with van der Waals surface area (Å²) in [5, 5.41) is 14.6. The van der Waals surface area contributed by atoms with E-state index in [1.807, 2.05) is 6.92 Å². The summed E-state index contributed by atoms with van der Waals surface area (Å²) in [6, 6.07) is -0.434. The highest BCUT2D eigenvalue weighted by molar-refractivity contribution is 7.16. The number of carboxylic acid groups (broad SMARTS) is 1. The predicted octanol–water partition coefficient (Wildman–Crippen LogP) is 1.83. The van der Waals surface area contributed by atoms with E-state index in [1.165, 1.54) is 18.4 Å². The molecule has 0 bridgehead atoms. The van der Waals surface area contributed by atoms with Crippen LogP contribution in [0, 0.1) is 13.8 Å². The molecule has 0 spiro atoms. The summed E-state index contributed by atoms with van der Waals surface area (Å²) in [6.07, 6.45) is 0. The molecule has 0 radical (unpaired) electrons. The number of anilines is 1. The van der Waals surface area contributed by atoms with Crippen LogP contribution in [-0.2, 0) is 4.74 Å². The Kier molecular flexibility index (Phi) is 5.11. The number of nitrogens with one attached hydrogen (secondary N) is 2. The van der Waals surface area contributed by atoms with Gasteiger partial charge in [0.15, 0.2) is 0 Å². The van der Waals surface area contributed by atoms with E-state index in [0.29, 0.717) is 23.7 Å². The van der Waals surface area contributed by atoms with Crippen molar-refractivity contribution in [3.63, 3.8) is 0 Å². The van der Waals surface area contributed by atoms with Crippen LogP contribution in [0.4, 0.5) is 9.80 Å². The van der Waals surface area contributed by atoms with Crippen LogP contribution in [0.25, 0.3) is 0 Å². The molecule has 6 nitrogen and oxygen atoms in total. The number of urea groups is 1. The first kappa shape index (κ1) is 14.5. The molecule has 1 rings (SSSR count). The maximum absolute atomic E-state index is 11.5. The fraction of sp³-hybridized carbons (Fsp3) is 0.455. The van der Waals surface area contributed by atoms with Gasteiger partial charge in [0.1, 0.15) is 5.00 Å².